The number of benzene rings is 1. The van der Waals surface area contributed by atoms with Gasteiger partial charge in [0.15, 0.2) is 0 Å². The van der Waals surface area contributed by atoms with Gasteiger partial charge in [0.25, 0.3) is 0 Å². The van der Waals surface area contributed by atoms with Crippen LogP contribution in [0.25, 0.3) is 0 Å². The van der Waals surface area contributed by atoms with E-state index in [4.69, 9.17) is 5.73 Å². The number of hydrogen-bond acceptors (Lipinski definition) is 8. The molecule has 6 nitrogen and oxygen atoms in total. The Labute approximate surface area is 157 Å². The molecule has 24 heavy (non-hydrogen) atoms. The SMILES string of the molecule is NCCNCCCCNc1cc(F)c(SNc2ncns2)cc1Br. The van der Waals surface area contributed by atoms with Crippen molar-refractivity contribution in [2.45, 2.75) is 17.7 Å². The molecule has 0 fully saturated rings. The number of aromatic nitrogens is 2. The third-order valence-corrected chi connectivity index (χ3v) is 5.24. The van der Waals surface area contributed by atoms with Crippen LogP contribution in [0.1, 0.15) is 12.8 Å². The topological polar surface area (TPSA) is 87.9 Å². The summed E-state index contributed by atoms with van der Waals surface area (Å²) < 4.78 is 21.9. The van der Waals surface area contributed by atoms with Gasteiger partial charge in [0.1, 0.15) is 12.1 Å². The van der Waals surface area contributed by atoms with Crippen LogP contribution in [-0.2, 0) is 0 Å². The number of nitrogens with zero attached hydrogens (tertiary/aromatic N) is 2. The Morgan fingerprint density at radius 1 is 1.25 bits per heavy atom. The highest BCUT2D eigenvalue weighted by molar-refractivity contribution is 9.10. The van der Waals surface area contributed by atoms with Crippen molar-refractivity contribution in [2.24, 2.45) is 5.73 Å². The number of halogens is 2. The van der Waals surface area contributed by atoms with Crippen molar-refractivity contribution in [3.63, 3.8) is 0 Å². The molecule has 0 unspecified atom stereocenters. The van der Waals surface area contributed by atoms with E-state index in [0.29, 0.717) is 16.6 Å². The summed E-state index contributed by atoms with van der Waals surface area (Å²) >= 11 is 5.88. The molecular weight excluding hydrogens is 415 g/mol. The lowest BCUT2D eigenvalue weighted by molar-refractivity contribution is 0.601. The van der Waals surface area contributed by atoms with Crippen LogP contribution in [0.5, 0.6) is 0 Å². The highest BCUT2D eigenvalue weighted by Gasteiger charge is 2.10. The van der Waals surface area contributed by atoms with Crippen molar-refractivity contribution >= 4 is 50.2 Å². The highest BCUT2D eigenvalue weighted by atomic mass is 79.9. The minimum atomic E-state index is -0.285. The lowest BCUT2D eigenvalue weighted by atomic mass is 10.2. The molecule has 0 aliphatic rings. The van der Waals surface area contributed by atoms with Gasteiger partial charge < -0.3 is 21.1 Å². The highest BCUT2D eigenvalue weighted by Crippen LogP contribution is 2.32. The van der Waals surface area contributed by atoms with Gasteiger partial charge in [-0.25, -0.2) is 9.37 Å². The van der Waals surface area contributed by atoms with E-state index in [9.17, 15) is 4.39 Å². The van der Waals surface area contributed by atoms with Gasteiger partial charge in [-0.05, 0) is 59.4 Å². The maximum Gasteiger partial charge on any atom is 0.212 e. The molecule has 1 aromatic carbocycles. The molecule has 2 rings (SSSR count). The number of nitrogens with one attached hydrogen (secondary N) is 3. The fourth-order valence-electron chi connectivity index (χ4n) is 1.88. The number of rotatable bonds is 11. The largest absolute Gasteiger partial charge is 0.384 e. The molecule has 10 heteroatoms. The number of unbranched alkanes of at least 4 members (excludes halogenated alkanes) is 1. The third-order valence-electron chi connectivity index (χ3n) is 3.05. The average molecular weight is 435 g/mol. The maximum atomic E-state index is 14.2. The Morgan fingerprint density at radius 2 is 2.08 bits per heavy atom. The summed E-state index contributed by atoms with van der Waals surface area (Å²) in [6.45, 7) is 3.23. The zero-order valence-electron chi connectivity index (χ0n) is 13.0. The van der Waals surface area contributed by atoms with Crippen LogP contribution >= 0.6 is 39.4 Å². The van der Waals surface area contributed by atoms with Crippen LogP contribution in [0.15, 0.2) is 27.8 Å². The Bertz CT molecular complexity index is 614. The van der Waals surface area contributed by atoms with Gasteiger partial charge in [0.05, 0.1) is 10.6 Å². The second-order valence-electron chi connectivity index (χ2n) is 4.89. The Balaban J connectivity index is 1.78. The zero-order chi connectivity index (χ0) is 17.2. The molecule has 2 aromatic rings. The predicted molar refractivity (Wildman–Crippen MR) is 103 cm³/mol. The first kappa shape index (κ1) is 19.4. The number of hydrogen-bond donors (Lipinski definition) is 4. The van der Waals surface area contributed by atoms with Gasteiger partial charge in [-0.3, -0.25) is 0 Å². The second kappa shape index (κ2) is 10.8. The van der Waals surface area contributed by atoms with Crippen LogP contribution in [0, 0.1) is 5.82 Å². The van der Waals surface area contributed by atoms with Crippen LogP contribution in [0.4, 0.5) is 15.2 Å². The normalized spacial score (nSPS) is 10.8. The van der Waals surface area contributed by atoms with Gasteiger partial charge in [0.2, 0.25) is 5.13 Å². The van der Waals surface area contributed by atoms with E-state index in [1.165, 1.54) is 35.9 Å². The molecule has 0 saturated heterocycles. The van der Waals surface area contributed by atoms with Gasteiger partial charge in [-0.2, -0.15) is 4.37 Å². The minimum Gasteiger partial charge on any atom is -0.384 e. The van der Waals surface area contributed by atoms with E-state index < -0.39 is 0 Å². The molecule has 0 radical (unpaired) electrons. The van der Waals surface area contributed by atoms with Crippen LogP contribution in [-0.4, -0.2) is 35.5 Å². The van der Waals surface area contributed by atoms with E-state index in [0.717, 1.165) is 42.6 Å². The predicted octanol–water partition coefficient (Wildman–Crippen LogP) is 3.30. The van der Waals surface area contributed by atoms with Gasteiger partial charge in [-0.1, -0.05) is 0 Å². The van der Waals surface area contributed by atoms with Gasteiger partial charge in [0, 0.05) is 35.6 Å². The summed E-state index contributed by atoms with van der Waals surface area (Å²) in [5, 5.41) is 7.14. The van der Waals surface area contributed by atoms with E-state index >= 15 is 0 Å². The molecule has 0 saturated carbocycles. The second-order valence-corrected chi connectivity index (χ2v) is 7.37. The molecule has 1 aromatic heterocycles. The van der Waals surface area contributed by atoms with E-state index in [-0.39, 0.29) is 5.82 Å². The molecular formula is C14H20BrFN6S2. The van der Waals surface area contributed by atoms with Crippen molar-refractivity contribution < 1.29 is 4.39 Å². The molecule has 0 amide bonds. The molecule has 0 aliphatic carbocycles. The third kappa shape index (κ3) is 6.52. The van der Waals surface area contributed by atoms with E-state index in [1.807, 2.05) is 0 Å². The monoisotopic (exact) mass is 434 g/mol. The van der Waals surface area contributed by atoms with Crippen molar-refractivity contribution in [3.8, 4) is 0 Å². The summed E-state index contributed by atoms with van der Waals surface area (Å²) in [5.41, 5.74) is 6.16. The van der Waals surface area contributed by atoms with E-state index in [1.54, 1.807) is 6.07 Å². The molecule has 132 valence electrons. The first-order valence-electron chi connectivity index (χ1n) is 7.54. The Morgan fingerprint density at radius 3 is 2.83 bits per heavy atom. The summed E-state index contributed by atoms with van der Waals surface area (Å²) in [4.78, 5) is 4.49. The van der Waals surface area contributed by atoms with Crippen molar-refractivity contribution in [1.82, 2.24) is 14.7 Å². The van der Waals surface area contributed by atoms with Crippen molar-refractivity contribution in [1.29, 1.82) is 0 Å². The average Bonchev–Trinajstić information content (AvgIpc) is 3.09. The smallest absolute Gasteiger partial charge is 0.212 e. The maximum absolute atomic E-state index is 14.2. The van der Waals surface area contributed by atoms with E-state index in [2.05, 4.69) is 40.6 Å². The van der Waals surface area contributed by atoms with Crippen LogP contribution < -0.4 is 21.1 Å². The Kier molecular flexibility index (Phi) is 8.75. The number of anilines is 2. The molecule has 5 N–H and O–H groups in total. The first-order chi connectivity index (χ1) is 11.7. The van der Waals surface area contributed by atoms with Crippen LogP contribution in [0.3, 0.4) is 0 Å². The van der Waals surface area contributed by atoms with Gasteiger partial charge in [-0.15, -0.1) is 0 Å². The summed E-state index contributed by atoms with van der Waals surface area (Å²) in [6, 6.07) is 3.25. The molecule has 0 atom stereocenters. The fraction of sp³-hybridized carbons (Fsp3) is 0.429. The lowest BCUT2D eigenvalue weighted by Gasteiger charge is -2.11. The Hall–Kier alpha value is -0.940. The fourth-order valence-corrected chi connectivity index (χ4v) is 3.66. The van der Waals surface area contributed by atoms with Gasteiger partial charge >= 0.3 is 0 Å². The lowest BCUT2D eigenvalue weighted by Crippen LogP contribution is -2.23. The minimum absolute atomic E-state index is 0.285. The van der Waals surface area contributed by atoms with Crippen molar-refractivity contribution in [2.75, 3.05) is 36.2 Å². The molecule has 1 heterocycles. The standard InChI is InChI=1S/C14H20BrFN6S2/c15-10-7-13(23-22-14-20-9-21-24-14)11(16)8-12(10)19-5-2-1-4-18-6-3-17/h7-9,18-19H,1-6,17H2,(H,20,21,22). The summed E-state index contributed by atoms with van der Waals surface area (Å²) in [5.74, 6) is -0.285. The van der Waals surface area contributed by atoms with Crippen LogP contribution in [0.2, 0.25) is 0 Å². The van der Waals surface area contributed by atoms with Crippen molar-refractivity contribution in [3.05, 3.63) is 28.7 Å². The summed E-state index contributed by atoms with van der Waals surface area (Å²) in [6.07, 6.45) is 3.51. The number of nitrogens with two attached hydrogens (primary N) is 1. The molecule has 0 spiro atoms. The quantitative estimate of drug-likeness (QED) is 0.318. The molecule has 0 aliphatic heterocycles. The first-order valence-corrected chi connectivity index (χ1v) is 9.92. The zero-order valence-corrected chi connectivity index (χ0v) is 16.2. The molecule has 0 bridgehead atoms. The summed E-state index contributed by atoms with van der Waals surface area (Å²) in [7, 11) is 0.